The first-order chi connectivity index (χ1) is 6.80. The minimum atomic E-state index is -5.33. The second-order valence-corrected chi connectivity index (χ2v) is 4.65. The van der Waals surface area contributed by atoms with Gasteiger partial charge in [-0.3, -0.25) is 0 Å². The van der Waals surface area contributed by atoms with E-state index in [1.807, 2.05) is 0 Å². The van der Waals surface area contributed by atoms with Gasteiger partial charge in [-0.05, 0) is 6.42 Å². The first kappa shape index (κ1) is 12.0. The van der Waals surface area contributed by atoms with Gasteiger partial charge in [-0.1, -0.05) is 6.92 Å². The first-order valence-electron chi connectivity index (χ1n) is 4.14. The average molecular weight is 242 g/mol. The number of rotatable bonds is 3. The largest absolute Gasteiger partial charge is 0.517 e. The Bertz CT molecular complexity index is 435. The van der Waals surface area contributed by atoms with Crippen LogP contribution in [0.15, 0.2) is 12.4 Å². The van der Waals surface area contributed by atoms with E-state index in [2.05, 4.69) is 4.98 Å². The smallest absolute Gasteiger partial charge is 0.241 e. The number of nitrogens with zero attached hydrogens (tertiary/aromatic N) is 2. The van der Waals surface area contributed by atoms with E-state index in [4.69, 9.17) is 0 Å². The van der Waals surface area contributed by atoms with Crippen LogP contribution in [0.3, 0.4) is 0 Å². The van der Waals surface area contributed by atoms with Crippen molar-refractivity contribution in [2.75, 3.05) is 0 Å². The Kier molecular flexibility index (Phi) is 3.08. The highest BCUT2D eigenvalue weighted by molar-refractivity contribution is 7.90. The van der Waals surface area contributed by atoms with Crippen molar-refractivity contribution in [3.8, 4) is 0 Å². The molecule has 8 heteroatoms. The van der Waals surface area contributed by atoms with Crippen molar-refractivity contribution in [2.24, 2.45) is 0 Å². The molecule has 0 radical (unpaired) electrons. The number of hydrogen-bond acceptors (Lipinski definition) is 3. The maximum Gasteiger partial charge on any atom is 0.517 e. The van der Waals surface area contributed by atoms with Crippen molar-refractivity contribution in [1.82, 2.24) is 8.96 Å². The van der Waals surface area contributed by atoms with Crippen LogP contribution in [0.4, 0.5) is 13.2 Å². The SMILES string of the molecule is CCCc1nccn1S(=O)(=O)C(F)(F)F. The van der Waals surface area contributed by atoms with Crippen LogP contribution in [0, 0.1) is 0 Å². The summed E-state index contributed by atoms with van der Waals surface area (Å²) in [6.45, 7) is 1.72. The summed E-state index contributed by atoms with van der Waals surface area (Å²) in [5.41, 5.74) is -5.30. The van der Waals surface area contributed by atoms with Gasteiger partial charge in [-0.2, -0.15) is 21.6 Å². The summed E-state index contributed by atoms with van der Waals surface area (Å²) in [7, 11) is -5.33. The summed E-state index contributed by atoms with van der Waals surface area (Å²) in [5, 5.41) is 0. The lowest BCUT2D eigenvalue weighted by Crippen LogP contribution is -2.30. The van der Waals surface area contributed by atoms with Gasteiger partial charge in [0.1, 0.15) is 5.82 Å². The summed E-state index contributed by atoms with van der Waals surface area (Å²) in [6, 6.07) is 0. The highest BCUT2D eigenvalue weighted by Gasteiger charge is 2.48. The molecular weight excluding hydrogens is 233 g/mol. The zero-order valence-corrected chi connectivity index (χ0v) is 8.64. The standard InChI is InChI=1S/C7H9F3N2O2S/c1-2-3-6-11-4-5-12(6)15(13,14)7(8,9)10/h4-5H,2-3H2,1H3. The number of halogens is 3. The fourth-order valence-corrected chi connectivity index (χ4v) is 1.91. The van der Waals surface area contributed by atoms with Gasteiger partial charge in [0.25, 0.3) is 0 Å². The van der Waals surface area contributed by atoms with Crippen LogP contribution in [0.25, 0.3) is 0 Å². The Morgan fingerprint density at radius 3 is 2.53 bits per heavy atom. The molecule has 0 saturated heterocycles. The van der Waals surface area contributed by atoms with Crippen LogP contribution >= 0.6 is 0 Å². The lowest BCUT2D eigenvalue weighted by molar-refractivity contribution is -0.0447. The molecule has 0 aliphatic carbocycles. The second-order valence-electron chi connectivity index (χ2n) is 2.84. The molecule has 0 saturated carbocycles. The van der Waals surface area contributed by atoms with Gasteiger partial charge in [0.2, 0.25) is 0 Å². The van der Waals surface area contributed by atoms with Gasteiger partial charge in [0.05, 0.1) is 0 Å². The van der Waals surface area contributed by atoms with Gasteiger partial charge in [0, 0.05) is 18.8 Å². The van der Waals surface area contributed by atoms with E-state index < -0.39 is 15.5 Å². The van der Waals surface area contributed by atoms with Crippen molar-refractivity contribution in [1.29, 1.82) is 0 Å². The van der Waals surface area contributed by atoms with Gasteiger partial charge < -0.3 is 0 Å². The van der Waals surface area contributed by atoms with Gasteiger partial charge in [-0.15, -0.1) is 0 Å². The second kappa shape index (κ2) is 3.84. The average Bonchev–Trinajstić information content (AvgIpc) is 2.51. The number of imidazole rings is 1. The van der Waals surface area contributed by atoms with Crippen LogP contribution < -0.4 is 0 Å². The maximum atomic E-state index is 12.2. The third kappa shape index (κ3) is 2.14. The molecule has 0 aliphatic heterocycles. The molecule has 1 rings (SSSR count). The van der Waals surface area contributed by atoms with Crippen LogP contribution in [-0.2, 0) is 16.4 Å². The molecule has 0 aliphatic rings. The molecule has 1 heterocycles. The Balaban J connectivity index is 3.22. The van der Waals surface area contributed by atoms with E-state index >= 15 is 0 Å². The monoisotopic (exact) mass is 242 g/mol. The summed E-state index contributed by atoms with van der Waals surface area (Å²) in [6.07, 6.45) is 2.54. The number of aromatic nitrogens is 2. The molecule has 0 bridgehead atoms. The molecule has 1 aromatic rings. The molecule has 0 aromatic carbocycles. The molecule has 0 fully saturated rings. The molecule has 0 atom stereocenters. The number of hydrogen-bond donors (Lipinski definition) is 0. The van der Waals surface area contributed by atoms with Crippen molar-refractivity contribution < 1.29 is 21.6 Å². The van der Waals surface area contributed by atoms with Crippen LogP contribution in [-0.4, -0.2) is 22.9 Å². The molecular formula is C7H9F3N2O2S. The lowest BCUT2D eigenvalue weighted by atomic mass is 10.3. The molecule has 1 aromatic heterocycles. The zero-order valence-electron chi connectivity index (χ0n) is 7.82. The topological polar surface area (TPSA) is 52.0 Å². The molecule has 15 heavy (non-hydrogen) atoms. The molecule has 0 unspecified atom stereocenters. The molecule has 0 spiro atoms. The van der Waals surface area contributed by atoms with Crippen molar-refractivity contribution in [3.05, 3.63) is 18.2 Å². The Morgan fingerprint density at radius 2 is 2.07 bits per heavy atom. The minimum absolute atomic E-state index is 0.102. The van der Waals surface area contributed by atoms with Crippen LogP contribution in [0.2, 0.25) is 0 Å². The van der Waals surface area contributed by atoms with Gasteiger partial charge in [0.15, 0.2) is 0 Å². The van der Waals surface area contributed by atoms with Gasteiger partial charge in [-0.25, -0.2) is 8.96 Å². The summed E-state index contributed by atoms with van der Waals surface area (Å²) < 4.78 is 58.7. The number of alkyl halides is 3. The Morgan fingerprint density at radius 1 is 1.47 bits per heavy atom. The normalized spacial score (nSPS) is 13.1. The lowest BCUT2D eigenvalue weighted by Gasteiger charge is -2.10. The molecule has 86 valence electrons. The minimum Gasteiger partial charge on any atom is -0.241 e. The predicted octanol–water partition coefficient (Wildman–Crippen LogP) is 1.53. The highest BCUT2D eigenvalue weighted by Crippen LogP contribution is 2.26. The summed E-state index contributed by atoms with van der Waals surface area (Å²) in [4.78, 5) is 3.57. The van der Waals surface area contributed by atoms with E-state index in [0.29, 0.717) is 6.42 Å². The van der Waals surface area contributed by atoms with E-state index in [0.717, 1.165) is 12.4 Å². The maximum absolute atomic E-state index is 12.2. The molecule has 0 N–H and O–H groups in total. The molecule has 4 nitrogen and oxygen atoms in total. The number of aryl methyl sites for hydroxylation is 1. The molecule has 0 amide bonds. The Hall–Kier alpha value is -1.05. The fourth-order valence-electron chi connectivity index (χ4n) is 1.05. The zero-order chi connectivity index (χ0) is 11.7. The van der Waals surface area contributed by atoms with E-state index in [1.54, 1.807) is 6.92 Å². The van der Waals surface area contributed by atoms with E-state index in [-0.39, 0.29) is 16.2 Å². The van der Waals surface area contributed by atoms with E-state index in [9.17, 15) is 21.6 Å². The van der Waals surface area contributed by atoms with Crippen LogP contribution in [0.5, 0.6) is 0 Å². The first-order valence-corrected chi connectivity index (χ1v) is 5.58. The van der Waals surface area contributed by atoms with Crippen LogP contribution in [0.1, 0.15) is 19.2 Å². The summed E-state index contributed by atoms with van der Waals surface area (Å²) in [5.74, 6) is -0.102. The third-order valence-electron chi connectivity index (χ3n) is 1.71. The fraction of sp³-hybridized carbons (Fsp3) is 0.571. The Labute approximate surface area is 84.8 Å². The third-order valence-corrected chi connectivity index (χ3v) is 3.14. The van der Waals surface area contributed by atoms with Crippen molar-refractivity contribution in [2.45, 2.75) is 25.3 Å². The van der Waals surface area contributed by atoms with Crippen molar-refractivity contribution >= 4 is 10.0 Å². The van der Waals surface area contributed by atoms with Crippen molar-refractivity contribution in [3.63, 3.8) is 0 Å². The highest BCUT2D eigenvalue weighted by atomic mass is 32.2. The quantitative estimate of drug-likeness (QED) is 0.807. The van der Waals surface area contributed by atoms with Gasteiger partial charge >= 0.3 is 15.5 Å². The van der Waals surface area contributed by atoms with E-state index in [1.165, 1.54) is 0 Å². The summed E-state index contributed by atoms with van der Waals surface area (Å²) >= 11 is 0. The predicted molar refractivity (Wildman–Crippen MR) is 46.6 cm³/mol.